The quantitative estimate of drug-likeness (QED) is 0.632. The number of hydrogen-bond acceptors (Lipinski definition) is 3. The lowest BCUT2D eigenvalue weighted by atomic mass is 10.2. The molecule has 1 amide bonds. The van der Waals surface area contributed by atoms with Crippen molar-refractivity contribution in [3.63, 3.8) is 0 Å². The van der Waals surface area contributed by atoms with Crippen molar-refractivity contribution < 1.29 is 14.7 Å². The Morgan fingerprint density at radius 3 is 2.29 bits per heavy atom. The molecule has 1 aliphatic heterocycles. The average Bonchev–Trinajstić information content (AvgIpc) is 2.70. The van der Waals surface area contributed by atoms with Crippen LogP contribution in [0.25, 0.3) is 0 Å². The number of benzene rings is 1. The van der Waals surface area contributed by atoms with Crippen molar-refractivity contribution in [3.8, 4) is 0 Å². The molecule has 0 bridgehead atoms. The molecule has 5 nitrogen and oxygen atoms in total. The Kier molecular flexibility index (Phi) is 4.51. The van der Waals surface area contributed by atoms with Crippen molar-refractivity contribution in [2.75, 3.05) is 5.73 Å². The fraction of sp³-hybridized carbons (Fsp3) is 0.333. The van der Waals surface area contributed by atoms with E-state index in [2.05, 4.69) is 5.32 Å². The maximum absolute atomic E-state index is 10.4. The van der Waals surface area contributed by atoms with Crippen LogP contribution in [0.3, 0.4) is 0 Å². The van der Waals surface area contributed by atoms with E-state index in [0.29, 0.717) is 12.8 Å². The first-order chi connectivity index (χ1) is 7.99. The van der Waals surface area contributed by atoms with Crippen molar-refractivity contribution in [2.45, 2.75) is 25.8 Å². The number of nitrogens with one attached hydrogen (secondary N) is 1. The number of hydrogen-bond donors (Lipinski definition) is 3. The van der Waals surface area contributed by atoms with Gasteiger partial charge in [0.05, 0.1) is 0 Å². The van der Waals surface area contributed by atoms with Crippen LogP contribution >= 0.6 is 0 Å². The SMILES string of the molecule is Cc1ccc(N)cc1.O=C1CC[C@@H](C(=O)O)N1. The molecular weight excluding hydrogens is 220 g/mol. The number of carboxylic acids is 1. The van der Waals surface area contributed by atoms with Crippen LogP contribution in [0.4, 0.5) is 5.69 Å². The van der Waals surface area contributed by atoms with E-state index in [9.17, 15) is 9.59 Å². The molecule has 0 radical (unpaired) electrons. The van der Waals surface area contributed by atoms with Crippen LogP contribution in [-0.2, 0) is 9.59 Å². The van der Waals surface area contributed by atoms with Crippen molar-refractivity contribution in [2.24, 2.45) is 0 Å². The van der Waals surface area contributed by atoms with Gasteiger partial charge in [-0.2, -0.15) is 0 Å². The fourth-order valence-corrected chi connectivity index (χ4v) is 1.37. The fourth-order valence-electron chi connectivity index (χ4n) is 1.37. The van der Waals surface area contributed by atoms with E-state index in [1.54, 1.807) is 0 Å². The number of rotatable bonds is 1. The molecule has 1 atom stereocenters. The van der Waals surface area contributed by atoms with Gasteiger partial charge in [-0.05, 0) is 25.5 Å². The highest BCUT2D eigenvalue weighted by Gasteiger charge is 2.26. The first-order valence-corrected chi connectivity index (χ1v) is 5.33. The third-order valence-electron chi connectivity index (χ3n) is 2.37. The van der Waals surface area contributed by atoms with E-state index in [1.165, 1.54) is 5.56 Å². The number of nitrogens with two attached hydrogens (primary N) is 1. The summed E-state index contributed by atoms with van der Waals surface area (Å²) < 4.78 is 0. The molecule has 1 aliphatic rings. The molecule has 2 rings (SSSR count). The summed E-state index contributed by atoms with van der Waals surface area (Å²) in [5.74, 6) is -1.11. The highest BCUT2D eigenvalue weighted by molar-refractivity contribution is 5.87. The number of carboxylic acid groups (broad SMARTS) is 1. The number of aryl methyl sites for hydroxylation is 1. The first-order valence-electron chi connectivity index (χ1n) is 5.33. The summed E-state index contributed by atoms with van der Waals surface area (Å²) in [5.41, 5.74) is 7.51. The lowest BCUT2D eigenvalue weighted by molar-refractivity contribution is -0.140. The maximum Gasteiger partial charge on any atom is 0.326 e. The van der Waals surface area contributed by atoms with Gasteiger partial charge in [0.25, 0.3) is 0 Å². The van der Waals surface area contributed by atoms with Crippen molar-refractivity contribution in [3.05, 3.63) is 29.8 Å². The van der Waals surface area contributed by atoms with Gasteiger partial charge >= 0.3 is 5.97 Å². The molecular formula is C12H16N2O3. The average molecular weight is 236 g/mol. The number of nitrogen functional groups attached to an aromatic ring is 1. The highest BCUT2D eigenvalue weighted by atomic mass is 16.4. The minimum atomic E-state index is -0.944. The van der Waals surface area contributed by atoms with E-state index < -0.39 is 12.0 Å². The van der Waals surface area contributed by atoms with Crippen molar-refractivity contribution in [1.82, 2.24) is 5.32 Å². The highest BCUT2D eigenvalue weighted by Crippen LogP contribution is 2.05. The van der Waals surface area contributed by atoms with E-state index in [0.717, 1.165) is 5.69 Å². The molecule has 0 aliphatic carbocycles. The Balaban J connectivity index is 0.000000171. The van der Waals surface area contributed by atoms with E-state index in [-0.39, 0.29) is 5.91 Å². The largest absolute Gasteiger partial charge is 0.480 e. The van der Waals surface area contributed by atoms with Crippen LogP contribution in [0.1, 0.15) is 18.4 Å². The summed E-state index contributed by atoms with van der Waals surface area (Å²) in [6.07, 6.45) is 0.769. The summed E-state index contributed by atoms with van der Waals surface area (Å²) >= 11 is 0. The molecule has 92 valence electrons. The smallest absolute Gasteiger partial charge is 0.326 e. The predicted octanol–water partition coefficient (Wildman–Crippen LogP) is 0.927. The third kappa shape index (κ3) is 4.55. The monoisotopic (exact) mass is 236 g/mol. The van der Waals surface area contributed by atoms with Gasteiger partial charge in [-0.1, -0.05) is 17.7 Å². The Morgan fingerprint density at radius 2 is 2.00 bits per heavy atom. The zero-order valence-corrected chi connectivity index (χ0v) is 9.64. The van der Waals surface area contributed by atoms with Gasteiger partial charge in [-0.15, -0.1) is 0 Å². The lowest BCUT2D eigenvalue weighted by Crippen LogP contribution is -2.32. The minimum Gasteiger partial charge on any atom is -0.480 e. The summed E-state index contributed by atoms with van der Waals surface area (Å²) in [6, 6.07) is 7.15. The maximum atomic E-state index is 10.4. The van der Waals surface area contributed by atoms with Gasteiger partial charge in [-0.3, -0.25) is 4.79 Å². The normalized spacial score (nSPS) is 17.9. The topological polar surface area (TPSA) is 92.4 Å². The predicted molar refractivity (Wildman–Crippen MR) is 64.4 cm³/mol. The molecule has 0 aromatic heterocycles. The number of aliphatic carboxylic acids is 1. The molecule has 1 heterocycles. The molecule has 1 aromatic rings. The Morgan fingerprint density at radius 1 is 1.41 bits per heavy atom. The van der Waals surface area contributed by atoms with Crippen LogP contribution in [0.2, 0.25) is 0 Å². The van der Waals surface area contributed by atoms with E-state index in [4.69, 9.17) is 10.8 Å². The molecule has 0 spiro atoms. The molecule has 0 saturated carbocycles. The standard InChI is InChI=1S/C7H9N.C5H7NO3/c1-6-2-4-7(8)5-3-6;7-4-2-1-3(6-4)5(8)9/h2-5H,8H2,1H3;3H,1-2H2,(H,6,7)(H,8,9)/t;3-/m.0/s1. The first kappa shape index (κ1) is 13.0. The van der Waals surface area contributed by atoms with Gasteiger partial charge in [0.15, 0.2) is 0 Å². The van der Waals surface area contributed by atoms with Crippen molar-refractivity contribution >= 4 is 17.6 Å². The second kappa shape index (κ2) is 5.89. The van der Waals surface area contributed by atoms with Gasteiger partial charge < -0.3 is 16.2 Å². The molecule has 1 aromatic carbocycles. The molecule has 5 heteroatoms. The number of amides is 1. The van der Waals surface area contributed by atoms with Crippen LogP contribution < -0.4 is 11.1 Å². The molecule has 17 heavy (non-hydrogen) atoms. The molecule has 0 unspecified atom stereocenters. The summed E-state index contributed by atoms with van der Waals surface area (Å²) in [7, 11) is 0. The Labute approximate surface area is 99.6 Å². The number of anilines is 1. The van der Waals surface area contributed by atoms with Gasteiger partial charge in [0.2, 0.25) is 5.91 Å². The number of carbonyl (C=O) groups excluding carboxylic acids is 1. The number of carbonyl (C=O) groups is 2. The van der Waals surface area contributed by atoms with Gasteiger partial charge in [0.1, 0.15) is 6.04 Å². The van der Waals surface area contributed by atoms with E-state index in [1.807, 2.05) is 31.2 Å². The van der Waals surface area contributed by atoms with Crippen LogP contribution in [-0.4, -0.2) is 23.0 Å². The van der Waals surface area contributed by atoms with Crippen LogP contribution in [0.5, 0.6) is 0 Å². The Hall–Kier alpha value is -2.04. The zero-order chi connectivity index (χ0) is 12.8. The van der Waals surface area contributed by atoms with E-state index >= 15 is 0 Å². The minimum absolute atomic E-state index is 0.164. The molecule has 1 saturated heterocycles. The van der Waals surface area contributed by atoms with Gasteiger partial charge in [0, 0.05) is 12.1 Å². The zero-order valence-electron chi connectivity index (χ0n) is 9.64. The van der Waals surface area contributed by atoms with Gasteiger partial charge in [-0.25, -0.2) is 4.79 Å². The lowest BCUT2D eigenvalue weighted by Gasteiger charge is -1.99. The summed E-state index contributed by atoms with van der Waals surface area (Å²) in [5, 5.41) is 10.6. The summed E-state index contributed by atoms with van der Waals surface area (Å²) in [4.78, 5) is 20.5. The summed E-state index contributed by atoms with van der Waals surface area (Å²) in [6.45, 7) is 2.04. The second-order valence-electron chi connectivity index (χ2n) is 3.91. The van der Waals surface area contributed by atoms with Crippen LogP contribution in [0.15, 0.2) is 24.3 Å². The van der Waals surface area contributed by atoms with Crippen LogP contribution in [0, 0.1) is 6.92 Å². The Bertz CT molecular complexity index is 380. The third-order valence-corrected chi connectivity index (χ3v) is 2.37. The van der Waals surface area contributed by atoms with Crippen molar-refractivity contribution in [1.29, 1.82) is 0 Å². The molecule has 4 N–H and O–H groups in total. The molecule has 1 fully saturated rings. The second-order valence-corrected chi connectivity index (χ2v) is 3.91.